The van der Waals surface area contributed by atoms with E-state index in [2.05, 4.69) is 5.10 Å². The number of aromatic nitrogens is 2. The minimum Gasteiger partial charge on any atom is -0.382 e. The summed E-state index contributed by atoms with van der Waals surface area (Å²) in [7, 11) is 0. The number of para-hydroxylation sites is 1. The van der Waals surface area contributed by atoms with Crippen molar-refractivity contribution in [2.24, 2.45) is 0 Å². The number of halogens is 3. The van der Waals surface area contributed by atoms with Gasteiger partial charge in [0.1, 0.15) is 0 Å². The molecule has 106 valence electrons. The molecule has 1 aliphatic heterocycles. The van der Waals surface area contributed by atoms with Crippen LogP contribution in [-0.2, 0) is 23.9 Å². The molecular formula is C13H12F3N3O. The summed E-state index contributed by atoms with van der Waals surface area (Å²) in [6.07, 6.45) is -3.94. The number of nitrogens with zero attached hydrogens (tertiary/aromatic N) is 2. The van der Waals surface area contributed by atoms with Crippen molar-refractivity contribution in [2.75, 3.05) is 12.3 Å². The van der Waals surface area contributed by atoms with E-state index in [1.807, 2.05) is 0 Å². The Morgan fingerprint density at radius 1 is 1.25 bits per heavy atom. The number of anilines is 1. The number of benzene rings is 1. The van der Waals surface area contributed by atoms with E-state index in [9.17, 15) is 13.2 Å². The average molecular weight is 283 g/mol. The van der Waals surface area contributed by atoms with E-state index in [0.717, 1.165) is 6.07 Å². The smallest absolute Gasteiger partial charge is 0.382 e. The van der Waals surface area contributed by atoms with Crippen LogP contribution in [0.5, 0.6) is 0 Å². The molecule has 0 unspecified atom stereocenters. The molecule has 0 saturated carbocycles. The van der Waals surface area contributed by atoms with E-state index in [1.165, 1.54) is 16.8 Å². The van der Waals surface area contributed by atoms with Gasteiger partial charge in [-0.15, -0.1) is 0 Å². The highest BCUT2D eigenvalue weighted by Gasteiger charge is 2.35. The fourth-order valence-corrected chi connectivity index (χ4v) is 2.36. The topological polar surface area (TPSA) is 53.1 Å². The van der Waals surface area contributed by atoms with Crippen LogP contribution in [0.15, 0.2) is 24.3 Å². The molecule has 0 spiro atoms. The van der Waals surface area contributed by atoms with Gasteiger partial charge < -0.3 is 10.5 Å². The van der Waals surface area contributed by atoms with Gasteiger partial charge in [0.05, 0.1) is 30.2 Å². The number of ether oxygens (including phenoxy) is 1. The third kappa shape index (κ3) is 2.03. The third-order valence-corrected chi connectivity index (χ3v) is 3.29. The molecule has 7 heteroatoms. The number of nitrogens with two attached hydrogens (primary N) is 1. The van der Waals surface area contributed by atoms with Crippen LogP contribution in [0, 0.1) is 0 Å². The number of fused-ring (bicyclic) bond motifs is 1. The van der Waals surface area contributed by atoms with Crippen LogP contribution < -0.4 is 5.73 Å². The van der Waals surface area contributed by atoms with Gasteiger partial charge in [0.2, 0.25) is 0 Å². The van der Waals surface area contributed by atoms with Crippen LogP contribution in [-0.4, -0.2) is 16.4 Å². The fraction of sp³-hybridized carbons (Fsp3) is 0.308. The maximum atomic E-state index is 13.1. The number of hydrogen-bond acceptors (Lipinski definition) is 3. The molecule has 4 nitrogen and oxygen atoms in total. The summed E-state index contributed by atoms with van der Waals surface area (Å²) in [6.45, 7) is 0.738. The summed E-state index contributed by atoms with van der Waals surface area (Å²) in [6, 6.07) is 5.34. The molecule has 20 heavy (non-hydrogen) atoms. The van der Waals surface area contributed by atoms with Crippen LogP contribution in [0.4, 0.5) is 19.0 Å². The first-order valence-electron chi connectivity index (χ1n) is 6.09. The lowest BCUT2D eigenvalue weighted by Crippen LogP contribution is -2.16. The van der Waals surface area contributed by atoms with E-state index < -0.39 is 11.7 Å². The van der Waals surface area contributed by atoms with Crippen molar-refractivity contribution in [3.63, 3.8) is 0 Å². The van der Waals surface area contributed by atoms with Crippen molar-refractivity contribution in [3.05, 3.63) is 41.1 Å². The summed E-state index contributed by atoms with van der Waals surface area (Å²) in [5.74, 6) is 0.219. The van der Waals surface area contributed by atoms with Gasteiger partial charge >= 0.3 is 6.18 Å². The molecule has 0 aliphatic carbocycles. The maximum Gasteiger partial charge on any atom is 0.418 e. The second-order valence-corrected chi connectivity index (χ2v) is 4.54. The zero-order chi connectivity index (χ0) is 14.3. The van der Waals surface area contributed by atoms with Gasteiger partial charge in [0.15, 0.2) is 5.82 Å². The molecule has 0 atom stereocenters. The molecule has 2 aromatic rings. The van der Waals surface area contributed by atoms with Gasteiger partial charge in [-0.3, -0.25) is 0 Å². The van der Waals surface area contributed by atoms with Gasteiger partial charge in [-0.2, -0.15) is 18.3 Å². The standard InChI is InChI=1S/C13H12F3N3O/c14-13(15,16)9-3-1-2-4-11(9)19-10-5-6-20-7-8(10)12(17)18-19/h1-4H,5-7H2,(H2,17,18). The van der Waals surface area contributed by atoms with Crippen molar-refractivity contribution in [1.29, 1.82) is 0 Å². The summed E-state index contributed by atoms with van der Waals surface area (Å²) >= 11 is 0. The van der Waals surface area contributed by atoms with Crippen molar-refractivity contribution < 1.29 is 17.9 Å². The van der Waals surface area contributed by atoms with Crippen molar-refractivity contribution in [2.45, 2.75) is 19.2 Å². The summed E-state index contributed by atoms with van der Waals surface area (Å²) in [4.78, 5) is 0. The third-order valence-electron chi connectivity index (χ3n) is 3.29. The van der Waals surface area contributed by atoms with Crippen molar-refractivity contribution >= 4 is 5.82 Å². The van der Waals surface area contributed by atoms with Crippen LogP contribution in [0.2, 0.25) is 0 Å². The predicted octanol–water partition coefficient (Wildman–Crippen LogP) is 2.55. The van der Waals surface area contributed by atoms with Crippen LogP contribution in [0.1, 0.15) is 16.8 Å². The van der Waals surface area contributed by atoms with Crippen LogP contribution >= 0.6 is 0 Å². The van der Waals surface area contributed by atoms with Gasteiger partial charge in [-0.1, -0.05) is 12.1 Å². The maximum absolute atomic E-state index is 13.1. The summed E-state index contributed by atoms with van der Waals surface area (Å²) in [5, 5.41) is 4.05. The highest BCUT2D eigenvalue weighted by atomic mass is 19.4. The highest BCUT2D eigenvalue weighted by Crippen LogP contribution is 2.35. The number of alkyl halides is 3. The minimum absolute atomic E-state index is 0.00477. The lowest BCUT2D eigenvalue weighted by atomic mass is 10.1. The zero-order valence-corrected chi connectivity index (χ0v) is 10.4. The van der Waals surface area contributed by atoms with E-state index in [4.69, 9.17) is 10.5 Å². The molecule has 0 bridgehead atoms. The quantitative estimate of drug-likeness (QED) is 0.875. The molecule has 1 aromatic heterocycles. The lowest BCUT2D eigenvalue weighted by Gasteiger charge is -2.17. The van der Waals surface area contributed by atoms with Crippen LogP contribution in [0.25, 0.3) is 5.69 Å². The fourth-order valence-electron chi connectivity index (χ4n) is 2.36. The van der Waals surface area contributed by atoms with Crippen LogP contribution in [0.3, 0.4) is 0 Å². The summed E-state index contributed by atoms with van der Waals surface area (Å²) < 4.78 is 45.8. The Kier molecular flexibility index (Phi) is 2.93. The first-order valence-corrected chi connectivity index (χ1v) is 6.09. The van der Waals surface area contributed by atoms with E-state index in [0.29, 0.717) is 24.3 Å². The molecule has 0 radical (unpaired) electrons. The van der Waals surface area contributed by atoms with Crippen molar-refractivity contribution in [1.82, 2.24) is 9.78 Å². The molecule has 0 saturated heterocycles. The molecule has 2 heterocycles. The Hall–Kier alpha value is -2.02. The molecule has 0 fully saturated rings. The Morgan fingerprint density at radius 2 is 2.00 bits per heavy atom. The monoisotopic (exact) mass is 283 g/mol. The Balaban J connectivity index is 2.20. The van der Waals surface area contributed by atoms with Crippen molar-refractivity contribution in [3.8, 4) is 5.69 Å². The molecular weight excluding hydrogens is 271 g/mol. The van der Waals surface area contributed by atoms with Gasteiger partial charge in [-0.25, -0.2) is 4.68 Å². The number of hydrogen-bond donors (Lipinski definition) is 1. The first-order chi connectivity index (χ1) is 9.48. The first kappa shape index (κ1) is 13.0. The van der Waals surface area contributed by atoms with E-state index in [-0.39, 0.29) is 18.1 Å². The van der Waals surface area contributed by atoms with Gasteiger partial charge in [0, 0.05) is 12.0 Å². The van der Waals surface area contributed by atoms with E-state index >= 15 is 0 Å². The molecule has 1 aromatic carbocycles. The lowest BCUT2D eigenvalue weighted by molar-refractivity contribution is -0.137. The van der Waals surface area contributed by atoms with E-state index in [1.54, 1.807) is 6.07 Å². The highest BCUT2D eigenvalue weighted by molar-refractivity contribution is 5.50. The second-order valence-electron chi connectivity index (χ2n) is 4.54. The SMILES string of the molecule is Nc1nn(-c2ccccc2C(F)(F)F)c2c1COCC2. The summed E-state index contributed by atoms with van der Waals surface area (Å²) in [5.41, 5.74) is 6.40. The normalized spacial score (nSPS) is 15.2. The Morgan fingerprint density at radius 3 is 2.75 bits per heavy atom. The Bertz CT molecular complexity index is 649. The average Bonchev–Trinajstić information content (AvgIpc) is 2.76. The predicted molar refractivity (Wildman–Crippen MR) is 66.3 cm³/mol. The largest absolute Gasteiger partial charge is 0.418 e. The molecule has 0 amide bonds. The second kappa shape index (κ2) is 4.52. The minimum atomic E-state index is -4.44. The molecule has 1 aliphatic rings. The van der Waals surface area contributed by atoms with Gasteiger partial charge in [0.25, 0.3) is 0 Å². The number of nitrogen functional groups attached to an aromatic ring is 1. The zero-order valence-electron chi connectivity index (χ0n) is 10.4. The molecule has 2 N–H and O–H groups in total. The van der Waals surface area contributed by atoms with Gasteiger partial charge in [-0.05, 0) is 12.1 Å². The Labute approximate surface area is 112 Å². The molecule has 3 rings (SSSR count). The number of rotatable bonds is 1.